The van der Waals surface area contributed by atoms with E-state index in [1.807, 2.05) is 0 Å². The molecule has 0 bridgehead atoms. The molecule has 2 atom stereocenters. The Labute approximate surface area is 120 Å². The molecular formula is C17H23NO2. The maximum Gasteiger partial charge on any atom is 0.133 e. The molecule has 2 N–H and O–H groups in total. The van der Waals surface area contributed by atoms with Crippen LogP contribution in [0.15, 0.2) is 47.1 Å². The highest BCUT2D eigenvalue weighted by Gasteiger charge is 2.11. The van der Waals surface area contributed by atoms with E-state index in [1.54, 1.807) is 18.4 Å². The van der Waals surface area contributed by atoms with Gasteiger partial charge in [0.25, 0.3) is 0 Å². The average Bonchev–Trinajstić information content (AvgIpc) is 2.98. The number of benzene rings is 1. The van der Waals surface area contributed by atoms with E-state index >= 15 is 0 Å². The summed E-state index contributed by atoms with van der Waals surface area (Å²) in [5.41, 5.74) is 2.65. The van der Waals surface area contributed by atoms with Crippen LogP contribution < -0.4 is 5.32 Å². The number of hydrogen-bond donors (Lipinski definition) is 2. The highest BCUT2D eigenvalue weighted by Crippen LogP contribution is 2.12. The fourth-order valence-electron chi connectivity index (χ4n) is 2.13. The number of furan rings is 1. The zero-order valence-electron chi connectivity index (χ0n) is 12.2. The number of hydrogen-bond acceptors (Lipinski definition) is 3. The zero-order chi connectivity index (χ0) is 14.4. The third-order valence-electron chi connectivity index (χ3n) is 3.52. The van der Waals surface area contributed by atoms with Crippen LogP contribution in [0.5, 0.6) is 0 Å². The Hall–Kier alpha value is -1.58. The molecular weight excluding hydrogens is 250 g/mol. The van der Waals surface area contributed by atoms with Crippen molar-refractivity contribution in [2.45, 2.75) is 38.8 Å². The Morgan fingerprint density at radius 1 is 1.20 bits per heavy atom. The summed E-state index contributed by atoms with van der Waals surface area (Å²) in [6.45, 7) is 4.76. The largest absolute Gasteiger partial charge is 0.467 e. The van der Waals surface area contributed by atoms with Gasteiger partial charge in [-0.15, -0.1) is 0 Å². The second kappa shape index (κ2) is 7.27. The Morgan fingerprint density at radius 2 is 1.95 bits per heavy atom. The predicted molar refractivity (Wildman–Crippen MR) is 80.6 cm³/mol. The second-order valence-corrected chi connectivity index (χ2v) is 5.36. The molecule has 2 rings (SSSR count). The molecule has 0 amide bonds. The minimum atomic E-state index is -0.577. The van der Waals surface area contributed by atoms with Crippen molar-refractivity contribution < 1.29 is 9.52 Å². The van der Waals surface area contributed by atoms with Crippen LogP contribution in [-0.4, -0.2) is 17.7 Å². The molecule has 0 aliphatic rings. The van der Waals surface area contributed by atoms with Crippen LogP contribution in [0.2, 0.25) is 0 Å². The van der Waals surface area contributed by atoms with Gasteiger partial charge in [0.15, 0.2) is 0 Å². The second-order valence-electron chi connectivity index (χ2n) is 5.36. The van der Waals surface area contributed by atoms with Crippen molar-refractivity contribution in [1.29, 1.82) is 0 Å². The minimum Gasteiger partial charge on any atom is -0.467 e. The Kier molecular flexibility index (Phi) is 5.39. The summed E-state index contributed by atoms with van der Waals surface area (Å²) < 4.78 is 5.18. The van der Waals surface area contributed by atoms with Gasteiger partial charge in [-0.3, -0.25) is 0 Å². The maximum absolute atomic E-state index is 9.92. The fourth-order valence-corrected chi connectivity index (χ4v) is 2.13. The zero-order valence-corrected chi connectivity index (χ0v) is 12.2. The van der Waals surface area contributed by atoms with Gasteiger partial charge < -0.3 is 14.8 Å². The van der Waals surface area contributed by atoms with Gasteiger partial charge in [-0.1, -0.05) is 29.8 Å². The molecule has 2 unspecified atom stereocenters. The first-order valence-corrected chi connectivity index (χ1v) is 7.15. The molecule has 0 radical (unpaired) electrons. The van der Waals surface area contributed by atoms with Gasteiger partial charge in [0.1, 0.15) is 11.9 Å². The first-order valence-electron chi connectivity index (χ1n) is 7.15. The normalized spacial score (nSPS) is 14.2. The van der Waals surface area contributed by atoms with E-state index in [2.05, 4.69) is 43.4 Å². The lowest BCUT2D eigenvalue weighted by atomic mass is 10.0. The van der Waals surface area contributed by atoms with E-state index in [-0.39, 0.29) is 0 Å². The third-order valence-corrected chi connectivity index (χ3v) is 3.52. The number of aryl methyl sites for hydroxylation is 2. The van der Waals surface area contributed by atoms with E-state index in [1.165, 1.54) is 11.1 Å². The molecule has 1 heterocycles. The molecule has 0 saturated heterocycles. The predicted octanol–water partition coefficient (Wildman–Crippen LogP) is 3.23. The monoisotopic (exact) mass is 273 g/mol. The lowest BCUT2D eigenvalue weighted by Crippen LogP contribution is -2.30. The molecule has 0 aliphatic heterocycles. The Bertz CT molecular complexity index is 490. The molecule has 1 aromatic carbocycles. The highest BCUT2D eigenvalue weighted by atomic mass is 16.4. The van der Waals surface area contributed by atoms with Crippen molar-refractivity contribution in [1.82, 2.24) is 5.32 Å². The summed E-state index contributed by atoms with van der Waals surface area (Å²) in [5, 5.41) is 13.3. The fraction of sp³-hybridized carbons (Fsp3) is 0.412. The van der Waals surface area contributed by atoms with Crippen molar-refractivity contribution in [3.8, 4) is 0 Å². The molecule has 0 aliphatic carbocycles. The van der Waals surface area contributed by atoms with Crippen LogP contribution in [-0.2, 0) is 6.42 Å². The van der Waals surface area contributed by atoms with Crippen LogP contribution in [0.4, 0.5) is 0 Å². The molecule has 2 aromatic rings. The van der Waals surface area contributed by atoms with Gasteiger partial charge in [0, 0.05) is 12.6 Å². The molecule has 1 aromatic heterocycles. The molecule has 20 heavy (non-hydrogen) atoms. The van der Waals surface area contributed by atoms with E-state index in [0.29, 0.717) is 18.3 Å². The lowest BCUT2D eigenvalue weighted by Gasteiger charge is -2.16. The van der Waals surface area contributed by atoms with E-state index in [9.17, 15) is 5.11 Å². The molecule has 0 saturated carbocycles. The van der Waals surface area contributed by atoms with Crippen molar-refractivity contribution in [3.05, 3.63) is 59.5 Å². The number of rotatable bonds is 7. The molecule has 3 heteroatoms. The maximum atomic E-state index is 9.92. The molecule has 0 spiro atoms. The first kappa shape index (κ1) is 14.8. The van der Waals surface area contributed by atoms with Crippen molar-refractivity contribution in [3.63, 3.8) is 0 Å². The third kappa shape index (κ3) is 4.51. The molecule has 108 valence electrons. The lowest BCUT2D eigenvalue weighted by molar-refractivity contribution is 0.143. The van der Waals surface area contributed by atoms with Crippen LogP contribution in [0.1, 0.15) is 36.3 Å². The van der Waals surface area contributed by atoms with Crippen molar-refractivity contribution in [2.24, 2.45) is 0 Å². The van der Waals surface area contributed by atoms with Gasteiger partial charge >= 0.3 is 0 Å². The van der Waals surface area contributed by atoms with Crippen molar-refractivity contribution >= 4 is 0 Å². The Morgan fingerprint density at radius 3 is 2.60 bits per heavy atom. The average molecular weight is 273 g/mol. The summed E-state index contributed by atoms with van der Waals surface area (Å²) in [7, 11) is 0. The van der Waals surface area contributed by atoms with Crippen LogP contribution in [0.25, 0.3) is 0 Å². The number of nitrogens with one attached hydrogen (secondary N) is 1. The number of aliphatic hydroxyl groups is 1. The topological polar surface area (TPSA) is 45.4 Å². The van der Waals surface area contributed by atoms with Crippen LogP contribution >= 0.6 is 0 Å². The van der Waals surface area contributed by atoms with Gasteiger partial charge in [-0.25, -0.2) is 0 Å². The Balaban J connectivity index is 1.70. The van der Waals surface area contributed by atoms with E-state index in [4.69, 9.17) is 4.42 Å². The SMILES string of the molecule is Cc1ccc(CCC(C)NCC(O)c2ccco2)cc1. The van der Waals surface area contributed by atoms with Gasteiger partial charge in [-0.2, -0.15) is 0 Å². The number of aliphatic hydroxyl groups excluding tert-OH is 1. The van der Waals surface area contributed by atoms with Gasteiger partial charge in [0.2, 0.25) is 0 Å². The van der Waals surface area contributed by atoms with Gasteiger partial charge in [-0.05, 0) is 44.4 Å². The summed E-state index contributed by atoms with van der Waals surface area (Å²) in [6.07, 6.45) is 3.10. The van der Waals surface area contributed by atoms with Gasteiger partial charge in [0.05, 0.1) is 6.26 Å². The quantitative estimate of drug-likeness (QED) is 0.814. The standard InChI is InChI=1S/C17H23NO2/c1-13-5-8-15(9-6-13)10-7-14(2)18-12-16(19)17-4-3-11-20-17/h3-6,8-9,11,14,16,18-19H,7,10,12H2,1-2H3. The van der Waals surface area contributed by atoms with Crippen LogP contribution in [0.3, 0.4) is 0 Å². The first-order chi connectivity index (χ1) is 9.65. The summed E-state index contributed by atoms with van der Waals surface area (Å²) in [4.78, 5) is 0. The summed E-state index contributed by atoms with van der Waals surface area (Å²) >= 11 is 0. The smallest absolute Gasteiger partial charge is 0.133 e. The minimum absolute atomic E-state index is 0.362. The highest BCUT2D eigenvalue weighted by molar-refractivity contribution is 5.21. The van der Waals surface area contributed by atoms with E-state index in [0.717, 1.165) is 12.8 Å². The summed E-state index contributed by atoms with van der Waals surface area (Å²) in [6, 6.07) is 12.6. The van der Waals surface area contributed by atoms with Crippen molar-refractivity contribution in [2.75, 3.05) is 6.54 Å². The van der Waals surface area contributed by atoms with E-state index < -0.39 is 6.10 Å². The van der Waals surface area contributed by atoms with Crippen LogP contribution in [0, 0.1) is 6.92 Å². The molecule has 3 nitrogen and oxygen atoms in total. The molecule has 0 fully saturated rings. The summed E-state index contributed by atoms with van der Waals surface area (Å²) in [5.74, 6) is 0.614.